The first kappa shape index (κ1) is 7.22. The molecule has 2 nitrogen and oxygen atoms in total. The molecule has 1 rings (SSSR count). The SMILES string of the molecule is Cc1cccnc1CCN. The van der Waals surface area contributed by atoms with Crippen molar-refractivity contribution < 1.29 is 0 Å². The third-order valence-electron chi connectivity index (χ3n) is 1.50. The molecule has 0 fully saturated rings. The van der Waals surface area contributed by atoms with Gasteiger partial charge in [-0.2, -0.15) is 0 Å². The van der Waals surface area contributed by atoms with E-state index in [1.165, 1.54) is 5.56 Å². The van der Waals surface area contributed by atoms with Crippen molar-refractivity contribution in [2.45, 2.75) is 13.3 Å². The molecular formula is C8H12N2. The van der Waals surface area contributed by atoms with E-state index >= 15 is 0 Å². The number of nitrogens with two attached hydrogens (primary N) is 1. The topological polar surface area (TPSA) is 38.9 Å². The normalized spacial score (nSPS) is 9.80. The molecule has 0 aromatic carbocycles. The van der Waals surface area contributed by atoms with Crippen molar-refractivity contribution >= 4 is 0 Å². The number of aryl methyl sites for hydroxylation is 1. The van der Waals surface area contributed by atoms with Crippen LogP contribution in [0.2, 0.25) is 0 Å². The molecular weight excluding hydrogens is 124 g/mol. The second kappa shape index (κ2) is 3.32. The summed E-state index contributed by atoms with van der Waals surface area (Å²) < 4.78 is 0. The van der Waals surface area contributed by atoms with Crippen LogP contribution in [0.4, 0.5) is 0 Å². The Morgan fingerprint density at radius 3 is 3.00 bits per heavy atom. The quantitative estimate of drug-likeness (QED) is 0.655. The van der Waals surface area contributed by atoms with Crippen LogP contribution in [0, 0.1) is 6.92 Å². The van der Waals surface area contributed by atoms with Crippen LogP contribution >= 0.6 is 0 Å². The summed E-state index contributed by atoms with van der Waals surface area (Å²) in [4.78, 5) is 4.19. The van der Waals surface area contributed by atoms with Gasteiger partial charge >= 0.3 is 0 Å². The van der Waals surface area contributed by atoms with Gasteiger partial charge in [0.25, 0.3) is 0 Å². The molecule has 2 heteroatoms. The van der Waals surface area contributed by atoms with Crippen LogP contribution in [0.1, 0.15) is 11.3 Å². The lowest BCUT2D eigenvalue weighted by Gasteiger charge is -1.99. The molecule has 0 aliphatic heterocycles. The van der Waals surface area contributed by atoms with Crippen LogP contribution in [0.3, 0.4) is 0 Å². The number of hydrogen-bond donors (Lipinski definition) is 1. The van der Waals surface area contributed by atoms with Gasteiger partial charge in [0, 0.05) is 18.3 Å². The number of pyridine rings is 1. The summed E-state index contributed by atoms with van der Waals surface area (Å²) in [5, 5.41) is 0. The van der Waals surface area contributed by atoms with E-state index in [-0.39, 0.29) is 0 Å². The zero-order valence-corrected chi connectivity index (χ0v) is 6.17. The molecule has 0 radical (unpaired) electrons. The average molecular weight is 136 g/mol. The summed E-state index contributed by atoms with van der Waals surface area (Å²) in [6.45, 7) is 2.73. The van der Waals surface area contributed by atoms with Crippen molar-refractivity contribution in [2.24, 2.45) is 5.73 Å². The van der Waals surface area contributed by atoms with Gasteiger partial charge in [-0.05, 0) is 25.1 Å². The largest absolute Gasteiger partial charge is 0.330 e. The second-order valence-electron chi connectivity index (χ2n) is 2.31. The number of rotatable bonds is 2. The lowest BCUT2D eigenvalue weighted by atomic mass is 10.2. The monoisotopic (exact) mass is 136 g/mol. The Kier molecular flexibility index (Phi) is 2.40. The van der Waals surface area contributed by atoms with Gasteiger partial charge in [-0.15, -0.1) is 0 Å². The summed E-state index contributed by atoms with van der Waals surface area (Å²) in [5.41, 5.74) is 7.73. The minimum Gasteiger partial charge on any atom is -0.330 e. The van der Waals surface area contributed by atoms with E-state index in [2.05, 4.69) is 18.0 Å². The number of hydrogen-bond acceptors (Lipinski definition) is 2. The van der Waals surface area contributed by atoms with Gasteiger partial charge in [-0.25, -0.2) is 0 Å². The number of aromatic nitrogens is 1. The Morgan fingerprint density at radius 1 is 1.60 bits per heavy atom. The zero-order valence-electron chi connectivity index (χ0n) is 6.17. The van der Waals surface area contributed by atoms with E-state index in [4.69, 9.17) is 5.73 Å². The average Bonchev–Trinajstić information content (AvgIpc) is 1.94. The molecule has 10 heavy (non-hydrogen) atoms. The highest BCUT2D eigenvalue weighted by Crippen LogP contribution is 2.01. The van der Waals surface area contributed by atoms with Gasteiger partial charge < -0.3 is 5.73 Å². The van der Waals surface area contributed by atoms with E-state index in [1.807, 2.05) is 6.07 Å². The third-order valence-corrected chi connectivity index (χ3v) is 1.50. The first-order valence-electron chi connectivity index (χ1n) is 3.45. The molecule has 0 aliphatic carbocycles. The number of nitrogens with zero attached hydrogens (tertiary/aromatic N) is 1. The highest BCUT2D eigenvalue weighted by Gasteiger charge is 1.94. The lowest BCUT2D eigenvalue weighted by molar-refractivity contribution is 0.910. The van der Waals surface area contributed by atoms with Gasteiger partial charge in [0.05, 0.1) is 0 Å². The van der Waals surface area contributed by atoms with Crippen molar-refractivity contribution in [1.29, 1.82) is 0 Å². The fourth-order valence-electron chi connectivity index (χ4n) is 0.917. The van der Waals surface area contributed by atoms with Gasteiger partial charge in [0.1, 0.15) is 0 Å². The van der Waals surface area contributed by atoms with Crippen molar-refractivity contribution in [3.63, 3.8) is 0 Å². The Bertz CT molecular complexity index is 208. The van der Waals surface area contributed by atoms with Crippen LogP contribution in [-0.4, -0.2) is 11.5 Å². The van der Waals surface area contributed by atoms with Crippen LogP contribution in [0.25, 0.3) is 0 Å². The van der Waals surface area contributed by atoms with Crippen molar-refractivity contribution in [3.8, 4) is 0 Å². The van der Waals surface area contributed by atoms with E-state index in [1.54, 1.807) is 6.20 Å². The summed E-state index contributed by atoms with van der Waals surface area (Å²) in [6, 6.07) is 3.99. The highest BCUT2D eigenvalue weighted by atomic mass is 14.7. The lowest BCUT2D eigenvalue weighted by Crippen LogP contribution is -2.05. The van der Waals surface area contributed by atoms with Crippen molar-refractivity contribution in [1.82, 2.24) is 4.98 Å². The van der Waals surface area contributed by atoms with Gasteiger partial charge in [0.15, 0.2) is 0 Å². The summed E-state index contributed by atoms with van der Waals surface area (Å²) in [6.07, 6.45) is 2.69. The van der Waals surface area contributed by atoms with Crippen LogP contribution in [0.15, 0.2) is 18.3 Å². The predicted molar refractivity (Wildman–Crippen MR) is 41.7 cm³/mol. The molecule has 0 atom stereocenters. The third kappa shape index (κ3) is 1.54. The fourth-order valence-corrected chi connectivity index (χ4v) is 0.917. The maximum atomic E-state index is 5.39. The van der Waals surface area contributed by atoms with Crippen LogP contribution in [-0.2, 0) is 6.42 Å². The van der Waals surface area contributed by atoms with Crippen molar-refractivity contribution in [3.05, 3.63) is 29.6 Å². The minimum absolute atomic E-state index is 0.678. The highest BCUT2D eigenvalue weighted by molar-refractivity contribution is 5.17. The molecule has 0 spiro atoms. The van der Waals surface area contributed by atoms with E-state index in [0.29, 0.717) is 6.54 Å². The molecule has 0 aliphatic rings. The Morgan fingerprint density at radius 2 is 2.40 bits per heavy atom. The maximum Gasteiger partial charge on any atom is 0.0445 e. The first-order chi connectivity index (χ1) is 4.84. The van der Waals surface area contributed by atoms with Gasteiger partial charge in [-0.1, -0.05) is 6.07 Å². The molecule has 1 aromatic heterocycles. The molecule has 54 valence electrons. The van der Waals surface area contributed by atoms with E-state index < -0.39 is 0 Å². The van der Waals surface area contributed by atoms with Gasteiger partial charge in [0.2, 0.25) is 0 Å². The van der Waals surface area contributed by atoms with E-state index in [9.17, 15) is 0 Å². The smallest absolute Gasteiger partial charge is 0.0445 e. The Balaban J connectivity index is 2.81. The Hall–Kier alpha value is -0.890. The molecule has 1 aromatic rings. The van der Waals surface area contributed by atoms with Crippen LogP contribution < -0.4 is 5.73 Å². The zero-order chi connectivity index (χ0) is 7.40. The summed E-state index contributed by atoms with van der Waals surface area (Å²) in [7, 11) is 0. The second-order valence-corrected chi connectivity index (χ2v) is 2.31. The minimum atomic E-state index is 0.678. The molecule has 0 saturated carbocycles. The molecule has 2 N–H and O–H groups in total. The summed E-state index contributed by atoms with van der Waals surface area (Å²) >= 11 is 0. The molecule has 0 amide bonds. The molecule has 0 unspecified atom stereocenters. The molecule has 0 bridgehead atoms. The fraction of sp³-hybridized carbons (Fsp3) is 0.375. The van der Waals surface area contributed by atoms with E-state index in [0.717, 1.165) is 12.1 Å². The molecule has 0 saturated heterocycles. The standard InChI is InChI=1S/C8H12N2/c1-7-3-2-6-10-8(7)4-5-9/h2-3,6H,4-5,9H2,1H3. The van der Waals surface area contributed by atoms with Crippen LogP contribution in [0.5, 0.6) is 0 Å². The predicted octanol–water partition coefficient (Wildman–Crippen LogP) is 0.891. The Labute approximate surface area is 61.1 Å². The summed E-state index contributed by atoms with van der Waals surface area (Å²) in [5.74, 6) is 0. The van der Waals surface area contributed by atoms with Crippen molar-refractivity contribution in [2.75, 3.05) is 6.54 Å². The molecule has 1 heterocycles. The first-order valence-corrected chi connectivity index (χ1v) is 3.45. The maximum absolute atomic E-state index is 5.39. The van der Waals surface area contributed by atoms with Gasteiger partial charge in [-0.3, -0.25) is 4.98 Å².